The summed E-state index contributed by atoms with van der Waals surface area (Å²) in [4.78, 5) is 38.9. The summed E-state index contributed by atoms with van der Waals surface area (Å²) < 4.78 is 5.04. The first-order valence-electron chi connectivity index (χ1n) is 7.26. The van der Waals surface area contributed by atoms with Gasteiger partial charge in [-0.3, -0.25) is 14.5 Å². The number of fused-ring (bicyclic) bond motifs is 1. The molecule has 7 nitrogen and oxygen atoms in total. The molecule has 2 heterocycles. The second kappa shape index (κ2) is 6.08. The summed E-state index contributed by atoms with van der Waals surface area (Å²) >= 11 is 5.99. The summed E-state index contributed by atoms with van der Waals surface area (Å²) in [5.74, 6) is -0.250. The summed E-state index contributed by atoms with van der Waals surface area (Å²) in [6, 6.07) is 4.02. The van der Waals surface area contributed by atoms with Crippen LogP contribution in [0.2, 0.25) is 5.02 Å². The Kier molecular flexibility index (Phi) is 4.12. The van der Waals surface area contributed by atoms with Gasteiger partial charge in [0, 0.05) is 12.2 Å². The van der Waals surface area contributed by atoms with Crippen LogP contribution in [-0.2, 0) is 9.59 Å². The monoisotopic (exact) mass is 337 g/mol. The first kappa shape index (κ1) is 15.6. The molecule has 0 spiro atoms. The first-order chi connectivity index (χ1) is 11.0. The van der Waals surface area contributed by atoms with Crippen molar-refractivity contribution in [1.82, 2.24) is 9.80 Å². The maximum Gasteiger partial charge on any atom is 0.327 e. The number of hydrogen-bond acceptors (Lipinski definition) is 4. The number of anilines is 1. The number of nitrogens with zero attached hydrogens (tertiary/aromatic N) is 2. The van der Waals surface area contributed by atoms with Crippen molar-refractivity contribution in [3.8, 4) is 5.75 Å². The van der Waals surface area contributed by atoms with Gasteiger partial charge in [0.15, 0.2) is 0 Å². The van der Waals surface area contributed by atoms with Crippen molar-refractivity contribution < 1.29 is 19.1 Å². The van der Waals surface area contributed by atoms with Crippen LogP contribution in [0.25, 0.3) is 0 Å². The van der Waals surface area contributed by atoms with E-state index in [0.717, 1.165) is 11.3 Å². The lowest BCUT2D eigenvalue weighted by molar-refractivity contribution is -0.131. The lowest BCUT2D eigenvalue weighted by atomic mass is 10.2. The maximum absolute atomic E-state index is 12.2. The number of nitrogens with one attached hydrogen (secondary N) is 1. The van der Waals surface area contributed by atoms with Crippen LogP contribution in [-0.4, -0.2) is 53.9 Å². The van der Waals surface area contributed by atoms with E-state index >= 15 is 0 Å². The Labute approximate surface area is 138 Å². The molecule has 0 aromatic heterocycles. The minimum Gasteiger partial charge on any atom is -0.495 e. The maximum atomic E-state index is 12.2. The van der Waals surface area contributed by atoms with Crippen LogP contribution < -0.4 is 10.1 Å². The zero-order valence-electron chi connectivity index (χ0n) is 12.5. The lowest BCUT2D eigenvalue weighted by Gasteiger charge is -2.15. The van der Waals surface area contributed by atoms with Gasteiger partial charge in [-0.25, -0.2) is 4.79 Å². The van der Waals surface area contributed by atoms with E-state index in [1.807, 2.05) is 0 Å². The highest BCUT2D eigenvalue weighted by Crippen LogP contribution is 2.28. The average Bonchev–Trinajstić information content (AvgIpc) is 3.07. The molecule has 2 saturated heterocycles. The number of amides is 4. The zero-order valence-corrected chi connectivity index (χ0v) is 13.3. The molecule has 2 fully saturated rings. The summed E-state index contributed by atoms with van der Waals surface area (Å²) in [6.07, 6.45) is 1.49. The van der Waals surface area contributed by atoms with Gasteiger partial charge in [-0.2, -0.15) is 0 Å². The number of ether oxygens (including phenoxy) is 1. The van der Waals surface area contributed by atoms with Crippen molar-refractivity contribution in [3.63, 3.8) is 0 Å². The molecule has 122 valence electrons. The van der Waals surface area contributed by atoms with Crippen molar-refractivity contribution >= 4 is 35.1 Å². The Hall–Kier alpha value is -2.28. The highest BCUT2D eigenvalue weighted by Gasteiger charge is 2.47. The Morgan fingerprint density at radius 2 is 2.22 bits per heavy atom. The molecular weight excluding hydrogens is 322 g/mol. The molecule has 1 atom stereocenters. The predicted molar refractivity (Wildman–Crippen MR) is 83.5 cm³/mol. The molecule has 3 rings (SSSR count). The number of halogens is 1. The van der Waals surface area contributed by atoms with Gasteiger partial charge in [0.2, 0.25) is 5.91 Å². The molecule has 1 unspecified atom stereocenters. The number of carbonyl (C=O) groups excluding carboxylic acids is 3. The topological polar surface area (TPSA) is 79.0 Å². The highest BCUT2D eigenvalue weighted by atomic mass is 35.5. The summed E-state index contributed by atoms with van der Waals surface area (Å²) in [5.41, 5.74) is 0.473. The number of imide groups is 1. The molecule has 23 heavy (non-hydrogen) atoms. The smallest absolute Gasteiger partial charge is 0.327 e. The van der Waals surface area contributed by atoms with E-state index in [-0.39, 0.29) is 18.5 Å². The molecule has 0 radical (unpaired) electrons. The highest BCUT2D eigenvalue weighted by molar-refractivity contribution is 6.32. The van der Waals surface area contributed by atoms with Crippen LogP contribution in [0.15, 0.2) is 18.2 Å². The van der Waals surface area contributed by atoms with Gasteiger partial charge in [-0.15, -0.1) is 0 Å². The van der Waals surface area contributed by atoms with Crippen LogP contribution in [0, 0.1) is 0 Å². The SMILES string of the molecule is COc1ccc(NC(=O)CN2C(=O)C3CCCN3C2=O)cc1Cl. The van der Waals surface area contributed by atoms with Gasteiger partial charge in [0.05, 0.1) is 12.1 Å². The molecule has 2 aliphatic heterocycles. The summed E-state index contributed by atoms with van der Waals surface area (Å²) in [7, 11) is 1.50. The van der Waals surface area contributed by atoms with Gasteiger partial charge in [0.1, 0.15) is 18.3 Å². The average molecular weight is 338 g/mol. The minimum atomic E-state index is -0.450. The Balaban J connectivity index is 1.65. The number of carbonyl (C=O) groups is 3. The molecule has 1 aromatic carbocycles. The van der Waals surface area contributed by atoms with E-state index in [9.17, 15) is 14.4 Å². The number of hydrogen-bond donors (Lipinski definition) is 1. The molecule has 0 bridgehead atoms. The van der Waals surface area contributed by atoms with Crippen molar-refractivity contribution in [2.45, 2.75) is 18.9 Å². The molecular formula is C15H16ClN3O4. The summed E-state index contributed by atoms with van der Waals surface area (Å²) in [6.45, 7) is 0.274. The number of rotatable bonds is 4. The van der Waals surface area contributed by atoms with E-state index in [0.29, 0.717) is 29.4 Å². The molecule has 0 saturated carbocycles. The van der Waals surface area contributed by atoms with Crippen molar-refractivity contribution in [2.75, 3.05) is 25.5 Å². The van der Waals surface area contributed by atoms with Crippen LogP contribution in [0.5, 0.6) is 5.75 Å². The zero-order chi connectivity index (χ0) is 16.6. The van der Waals surface area contributed by atoms with Gasteiger partial charge in [-0.1, -0.05) is 11.6 Å². The third-order valence-electron chi connectivity index (χ3n) is 4.02. The van der Waals surface area contributed by atoms with Crippen LogP contribution in [0.4, 0.5) is 10.5 Å². The predicted octanol–water partition coefficient (Wildman–Crippen LogP) is 1.71. The Morgan fingerprint density at radius 3 is 2.87 bits per heavy atom. The second-order valence-corrected chi connectivity index (χ2v) is 5.86. The number of urea groups is 1. The molecule has 1 aromatic rings. The second-order valence-electron chi connectivity index (χ2n) is 5.46. The quantitative estimate of drug-likeness (QED) is 0.848. The fourth-order valence-electron chi connectivity index (χ4n) is 2.92. The Morgan fingerprint density at radius 1 is 1.43 bits per heavy atom. The molecule has 0 aliphatic carbocycles. The third kappa shape index (κ3) is 2.84. The molecule has 4 amide bonds. The Bertz CT molecular complexity index is 657. The fraction of sp³-hybridized carbons (Fsp3) is 0.400. The summed E-state index contributed by atoms with van der Waals surface area (Å²) in [5, 5.41) is 2.98. The number of benzene rings is 1. The molecule has 8 heteroatoms. The van der Waals surface area contributed by atoms with Gasteiger partial charge in [0.25, 0.3) is 5.91 Å². The van der Waals surface area contributed by atoms with Crippen molar-refractivity contribution in [1.29, 1.82) is 0 Å². The standard InChI is InChI=1S/C15H16ClN3O4/c1-23-12-5-4-9(7-10(12)16)17-13(20)8-19-14(21)11-3-2-6-18(11)15(19)22/h4-5,7,11H,2-3,6,8H2,1H3,(H,17,20). The number of methoxy groups -OCH3 is 1. The third-order valence-corrected chi connectivity index (χ3v) is 4.31. The van der Waals surface area contributed by atoms with Gasteiger partial charge >= 0.3 is 6.03 Å². The van der Waals surface area contributed by atoms with Crippen LogP contribution in [0.3, 0.4) is 0 Å². The van der Waals surface area contributed by atoms with Crippen molar-refractivity contribution in [2.24, 2.45) is 0 Å². The van der Waals surface area contributed by atoms with E-state index < -0.39 is 11.9 Å². The van der Waals surface area contributed by atoms with Gasteiger partial charge < -0.3 is 15.0 Å². The van der Waals surface area contributed by atoms with E-state index in [4.69, 9.17) is 16.3 Å². The molecule has 1 N–H and O–H groups in total. The van der Waals surface area contributed by atoms with Crippen LogP contribution in [0.1, 0.15) is 12.8 Å². The normalized spacial score (nSPS) is 20.0. The van der Waals surface area contributed by atoms with Crippen molar-refractivity contribution in [3.05, 3.63) is 23.2 Å². The fourth-order valence-corrected chi connectivity index (χ4v) is 3.17. The van der Waals surface area contributed by atoms with Crippen LogP contribution >= 0.6 is 11.6 Å². The van der Waals surface area contributed by atoms with E-state index in [1.54, 1.807) is 18.2 Å². The first-order valence-corrected chi connectivity index (χ1v) is 7.64. The minimum absolute atomic E-state index is 0.296. The lowest BCUT2D eigenvalue weighted by Crippen LogP contribution is -2.39. The largest absolute Gasteiger partial charge is 0.495 e. The van der Waals surface area contributed by atoms with E-state index in [1.165, 1.54) is 12.0 Å². The van der Waals surface area contributed by atoms with E-state index in [2.05, 4.69) is 5.32 Å². The molecule has 2 aliphatic rings. The van der Waals surface area contributed by atoms with Gasteiger partial charge in [-0.05, 0) is 31.0 Å².